The Labute approximate surface area is 133 Å². The van der Waals surface area contributed by atoms with Crippen LogP contribution < -0.4 is 0 Å². The monoisotopic (exact) mass is 353 g/mol. The molecule has 1 aromatic rings. The molecule has 108 valence electrons. The Hall–Kier alpha value is -0.480. The SMILES string of the molecule is CC(Br)C1CCN(C(=O)C2CSc3ccccc32)CC1. The number of likely N-dealkylation sites (tertiary alicyclic amines) is 1. The summed E-state index contributed by atoms with van der Waals surface area (Å²) in [5.74, 6) is 2.04. The molecule has 0 spiro atoms. The Morgan fingerprint density at radius 2 is 2.05 bits per heavy atom. The third kappa shape index (κ3) is 2.77. The zero-order valence-corrected chi connectivity index (χ0v) is 14.1. The zero-order chi connectivity index (χ0) is 14.1. The van der Waals surface area contributed by atoms with Gasteiger partial charge in [0.1, 0.15) is 0 Å². The molecule has 0 N–H and O–H groups in total. The summed E-state index contributed by atoms with van der Waals surface area (Å²) in [6, 6.07) is 8.35. The lowest BCUT2D eigenvalue weighted by Gasteiger charge is -2.34. The molecule has 2 unspecified atom stereocenters. The van der Waals surface area contributed by atoms with Crippen LogP contribution >= 0.6 is 27.7 Å². The van der Waals surface area contributed by atoms with Crippen molar-refractivity contribution in [2.75, 3.05) is 18.8 Å². The summed E-state index contributed by atoms with van der Waals surface area (Å²) in [7, 11) is 0. The maximum Gasteiger partial charge on any atom is 0.231 e. The van der Waals surface area contributed by atoms with E-state index >= 15 is 0 Å². The van der Waals surface area contributed by atoms with Gasteiger partial charge in [0, 0.05) is 28.6 Å². The number of benzene rings is 1. The van der Waals surface area contributed by atoms with Gasteiger partial charge in [-0.2, -0.15) is 0 Å². The molecular formula is C16H20BrNOS. The number of alkyl halides is 1. The highest BCUT2D eigenvalue weighted by molar-refractivity contribution is 9.09. The zero-order valence-electron chi connectivity index (χ0n) is 11.7. The Bertz CT molecular complexity index is 497. The fourth-order valence-corrected chi connectivity index (χ4v) is 4.92. The molecule has 0 bridgehead atoms. The molecule has 3 rings (SSSR count). The molecule has 0 radical (unpaired) electrons. The Balaban J connectivity index is 1.67. The third-order valence-electron chi connectivity index (χ3n) is 4.50. The predicted molar refractivity (Wildman–Crippen MR) is 87.6 cm³/mol. The summed E-state index contributed by atoms with van der Waals surface area (Å²) < 4.78 is 0. The van der Waals surface area contributed by atoms with Crippen LogP contribution in [-0.4, -0.2) is 34.5 Å². The van der Waals surface area contributed by atoms with E-state index in [2.05, 4.69) is 46.0 Å². The number of hydrogen-bond acceptors (Lipinski definition) is 2. The van der Waals surface area contributed by atoms with Gasteiger partial charge in [0.05, 0.1) is 5.92 Å². The first kappa shape index (κ1) is 14.5. The first-order valence-corrected chi connectivity index (χ1v) is 9.21. The number of piperidine rings is 1. The minimum atomic E-state index is 0.0779. The molecule has 0 saturated carbocycles. The van der Waals surface area contributed by atoms with Gasteiger partial charge >= 0.3 is 0 Å². The highest BCUT2D eigenvalue weighted by Gasteiger charge is 2.34. The highest BCUT2D eigenvalue weighted by Crippen LogP contribution is 2.40. The van der Waals surface area contributed by atoms with Crippen LogP contribution in [0.15, 0.2) is 29.2 Å². The summed E-state index contributed by atoms with van der Waals surface area (Å²) in [5.41, 5.74) is 1.23. The van der Waals surface area contributed by atoms with Crippen LogP contribution in [0.4, 0.5) is 0 Å². The van der Waals surface area contributed by atoms with Gasteiger partial charge in [-0.15, -0.1) is 11.8 Å². The number of carbonyl (C=O) groups excluding carboxylic acids is 1. The van der Waals surface area contributed by atoms with E-state index in [0.717, 1.165) is 31.7 Å². The molecule has 0 aromatic heterocycles. The summed E-state index contributed by atoms with van der Waals surface area (Å²) in [6.45, 7) is 4.05. The van der Waals surface area contributed by atoms with Gasteiger partial charge in [-0.25, -0.2) is 0 Å². The molecule has 0 aliphatic carbocycles. The number of carbonyl (C=O) groups is 1. The minimum absolute atomic E-state index is 0.0779. The van der Waals surface area contributed by atoms with Gasteiger partial charge in [-0.3, -0.25) is 4.79 Å². The molecule has 1 amide bonds. The van der Waals surface area contributed by atoms with Crippen LogP contribution in [0.2, 0.25) is 0 Å². The molecule has 2 nitrogen and oxygen atoms in total. The molecule has 1 fully saturated rings. The van der Waals surface area contributed by atoms with E-state index in [9.17, 15) is 4.79 Å². The Morgan fingerprint density at radius 1 is 1.35 bits per heavy atom. The van der Waals surface area contributed by atoms with E-state index in [1.165, 1.54) is 10.5 Å². The predicted octanol–water partition coefficient (Wildman–Crippen LogP) is 3.90. The fourth-order valence-electron chi connectivity index (χ4n) is 3.17. The second-order valence-corrected chi connectivity index (χ2v) is 8.25. The average molecular weight is 354 g/mol. The van der Waals surface area contributed by atoms with Crippen LogP contribution in [-0.2, 0) is 4.79 Å². The number of rotatable bonds is 2. The van der Waals surface area contributed by atoms with E-state index in [4.69, 9.17) is 0 Å². The topological polar surface area (TPSA) is 20.3 Å². The maximum absolute atomic E-state index is 12.7. The van der Waals surface area contributed by atoms with E-state index in [-0.39, 0.29) is 5.92 Å². The smallest absolute Gasteiger partial charge is 0.231 e. The lowest BCUT2D eigenvalue weighted by Crippen LogP contribution is -2.42. The van der Waals surface area contributed by atoms with Crippen molar-refractivity contribution >= 4 is 33.6 Å². The molecule has 2 heterocycles. The van der Waals surface area contributed by atoms with Crippen molar-refractivity contribution in [3.8, 4) is 0 Å². The van der Waals surface area contributed by atoms with E-state index in [1.54, 1.807) is 0 Å². The second-order valence-electron chi connectivity index (χ2n) is 5.74. The molecule has 1 saturated heterocycles. The molecule has 2 aliphatic heterocycles. The molecular weight excluding hydrogens is 334 g/mol. The molecule has 1 aromatic carbocycles. The van der Waals surface area contributed by atoms with Gasteiger partial charge < -0.3 is 4.90 Å². The average Bonchev–Trinajstić information content (AvgIpc) is 2.90. The van der Waals surface area contributed by atoms with Crippen molar-refractivity contribution in [3.63, 3.8) is 0 Å². The Morgan fingerprint density at radius 3 is 2.75 bits per heavy atom. The summed E-state index contributed by atoms with van der Waals surface area (Å²) >= 11 is 5.49. The van der Waals surface area contributed by atoms with Crippen molar-refractivity contribution in [3.05, 3.63) is 29.8 Å². The number of nitrogens with zero attached hydrogens (tertiary/aromatic N) is 1. The lowest BCUT2D eigenvalue weighted by atomic mass is 9.92. The van der Waals surface area contributed by atoms with Crippen LogP contribution in [0.5, 0.6) is 0 Å². The fraction of sp³-hybridized carbons (Fsp3) is 0.562. The van der Waals surface area contributed by atoms with Gasteiger partial charge in [-0.1, -0.05) is 41.1 Å². The van der Waals surface area contributed by atoms with Crippen molar-refractivity contribution < 1.29 is 4.79 Å². The van der Waals surface area contributed by atoms with Crippen molar-refractivity contribution in [1.82, 2.24) is 4.90 Å². The number of fused-ring (bicyclic) bond motifs is 1. The van der Waals surface area contributed by atoms with Gasteiger partial charge in [0.15, 0.2) is 0 Å². The van der Waals surface area contributed by atoms with Crippen LogP contribution in [0.25, 0.3) is 0 Å². The molecule has 4 heteroatoms. The maximum atomic E-state index is 12.7. The van der Waals surface area contributed by atoms with E-state index < -0.39 is 0 Å². The van der Waals surface area contributed by atoms with E-state index in [1.807, 2.05) is 17.8 Å². The van der Waals surface area contributed by atoms with Crippen LogP contribution in [0, 0.1) is 5.92 Å². The largest absolute Gasteiger partial charge is 0.342 e. The van der Waals surface area contributed by atoms with Crippen molar-refractivity contribution in [2.24, 2.45) is 5.92 Å². The van der Waals surface area contributed by atoms with Gasteiger partial charge in [-0.05, 0) is 30.4 Å². The van der Waals surface area contributed by atoms with Gasteiger partial charge in [0.25, 0.3) is 0 Å². The number of halogens is 1. The van der Waals surface area contributed by atoms with Crippen LogP contribution in [0.1, 0.15) is 31.2 Å². The summed E-state index contributed by atoms with van der Waals surface area (Å²) in [6.07, 6.45) is 2.25. The highest BCUT2D eigenvalue weighted by atomic mass is 79.9. The van der Waals surface area contributed by atoms with Crippen molar-refractivity contribution in [2.45, 2.75) is 35.4 Å². The van der Waals surface area contributed by atoms with Gasteiger partial charge in [0.2, 0.25) is 5.91 Å². The number of thioether (sulfide) groups is 1. The first-order valence-electron chi connectivity index (χ1n) is 7.31. The number of hydrogen-bond donors (Lipinski definition) is 0. The van der Waals surface area contributed by atoms with Crippen LogP contribution in [0.3, 0.4) is 0 Å². The Kier molecular flexibility index (Phi) is 4.41. The minimum Gasteiger partial charge on any atom is -0.342 e. The van der Waals surface area contributed by atoms with E-state index in [0.29, 0.717) is 16.7 Å². The standard InChI is InChI=1S/C16H20BrNOS/c1-11(17)12-6-8-18(9-7-12)16(19)14-10-20-15-5-3-2-4-13(14)15/h2-5,11-12,14H,6-10H2,1H3. The first-order chi connectivity index (χ1) is 9.66. The molecule has 20 heavy (non-hydrogen) atoms. The normalized spacial score (nSPS) is 24.5. The summed E-state index contributed by atoms with van der Waals surface area (Å²) in [5, 5.41) is 0. The quantitative estimate of drug-likeness (QED) is 0.751. The lowest BCUT2D eigenvalue weighted by molar-refractivity contribution is -0.133. The second kappa shape index (κ2) is 6.10. The van der Waals surface area contributed by atoms with Crippen molar-refractivity contribution in [1.29, 1.82) is 0 Å². The third-order valence-corrected chi connectivity index (χ3v) is 6.43. The molecule has 2 aliphatic rings. The number of amides is 1. The molecule has 2 atom stereocenters. The summed E-state index contributed by atoms with van der Waals surface area (Å²) in [4.78, 5) is 16.7.